The summed E-state index contributed by atoms with van der Waals surface area (Å²) in [7, 11) is 0. The molecular weight excluding hydrogens is 538 g/mol. The van der Waals surface area contributed by atoms with Gasteiger partial charge >= 0.3 is 17.9 Å². The molecule has 1 aliphatic heterocycles. The third kappa shape index (κ3) is 11.9. The van der Waals surface area contributed by atoms with Gasteiger partial charge in [-0.3, -0.25) is 33.9 Å². The molecule has 12 nitrogen and oxygen atoms in total. The van der Waals surface area contributed by atoms with Crippen molar-refractivity contribution in [1.29, 1.82) is 0 Å². The van der Waals surface area contributed by atoms with Crippen LogP contribution in [-0.4, -0.2) is 131 Å². The van der Waals surface area contributed by atoms with Crippen LogP contribution < -0.4 is 10.6 Å². The van der Waals surface area contributed by atoms with Gasteiger partial charge in [0.2, 0.25) is 5.91 Å². The molecule has 200 valence electrons. The molecule has 1 heterocycles. The fraction of sp³-hybridized carbons (Fsp3) is 0.565. The molecule has 1 aromatic rings. The van der Waals surface area contributed by atoms with E-state index < -0.39 is 17.9 Å². The largest absolute Gasteiger partial charge is 0.480 e. The summed E-state index contributed by atoms with van der Waals surface area (Å²) in [5.74, 6) is -3.07. The molecule has 2 rings (SSSR count). The second kappa shape index (κ2) is 15.5. The van der Waals surface area contributed by atoms with Crippen LogP contribution in [0.25, 0.3) is 0 Å². The Morgan fingerprint density at radius 3 is 1.86 bits per heavy atom. The SMILES string of the molecule is O=C(O)CN1CCNC(Cc2ccc(NC(=O)CBr)cc2)CN(CC(=O)O)CCN(CC(=O)O)CC1. The molecule has 1 fully saturated rings. The number of benzene rings is 1. The van der Waals surface area contributed by atoms with Crippen LogP contribution >= 0.6 is 15.9 Å². The summed E-state index contributed by atoms with van der Waals surface area (Å²) >= 11 is 3.11. The summed E-state index contributed by atoms with van der Waals surface area (Å²) < 4.78 is 0. The van der Waals surface area contributed by atoms with E-state index >= 15 is 0 Å². The van der Waals surface area contributed by atoms with Crippen molar-refractivity contribution in [3.05, 3.63) is 29.8 Å². The van der Waals surface area contributed by atoms with E-state index in [4.69, 9.17) is 0 Å². The van der Waals surface area contributed by atoms with Gasteiger partial charge in [-0.2, -0.15) is 0 Å². The van der Waals surface area contributed by atoms with E-state index in [1.165, 1.54) is 0 Å². The highest BCUT2D eigenvalue weighted by molar-refractivity contribution is 9.09. The average Bonchev–Trinajstić information content (AvgIpc) is 2.79. The summed E-state index contributed by atoms with van der Waals surface area (Å²) in [6.45, 7) is 2.24. The second-order valence-electron chi connectivity index (χ2n) is 8.70. The third-order valence-electron chi connectivity index (χ3n) is 5.72. The summed E-state index contributed by atoms with van der Waals surface area (Å²) in [5.41, 5.74) is 1.66. The van der Waals surface area contributed by atoms with E-state index in [0.29, 0.717) is 57.9 Å². The first kappa shape index (κ1) is 29.6. The first-order chi connectivity index (χ1) is 17.1. The summed E-state index contributed by atoms with van der Waals surface area (Å²) in [4.78, 5) is 50.9. The van der Waals surface area contributed by atoms with E-state index in [9.17, 15) is 34.5 Å². The maximum Gasteiger partial charge on any atom is 0.317 e. The Kier molecular flexibility index (Phi) is 12.8. The van der Waals surface area contributed by atoms with Gasteiger partial charge in [-0.15, -0.1) is 0 Å². The number of carboxylic acid groups (broad SMARTS) is 3. The molecule has 1 amide bonds. The normalized spacial score (nSPS) is 19.1. The molecule has 0 spiro atoms. The Hall–Kier alpha value is -2.58. The van der Waals surface area contributed by atoms with E-state index in [0.717, 1.165) is 5.56 Å². The van der Waals surface area contributed by atoms with Crippen molar-refractivity contribution >= 4 is 45.4 Å². The Morgan fingerprint density at radius 1 is 0.833 bits per heavy atom. The van der Waals surface area contributed by atoms with Gasteiger partial charge in [-0.1, -0.05) is 28.1 Å². The van der Waals surface area contributed by atoms with Gasteiger partial charge in [0, 0.05) is 57.5 Å². The number of amides is 1. The number of hydrogen-bond acceptors (Lipinski definition) is 8. The van der Waals surface area contributed by atoms with E-state index in [2.05, 4.69) is 26.6 Å². The summed E-state index contributed by atoms with van der Waals surface area (Å²) in [6.07, 6.45) is 0.584. The minimum Gasteiger partial charge on any atom is -0.480 e. The van der Waals surface area contributed by atoms with Crippen molar-refractivity contribution in [1.82, 2.24) is 20.0 Å². The molecule has 1 unspecified atom stereocenters. The van der Waals surface area contributed by atoms with E-state index in [-0.39, 0.29) is 36.9 Å². The molecule has 0 radical (unpaired) electrons. The van der Waals surface area contributed by atoms with Crippen LogP contribution in [0, 0.1) is 0 Å². The Balaban J connectivity index is 2.17. The molecule has 1 aliphatic rings. The molecule has 1 aromatic carbocycles. The lowest BCUT2D eigenvalue weighted by molar-refractivity contribution is -0.140. The van der Waals surface area contributed by atoms with Crippen LogP contribution in [0.15, 0.2) is 24.3 Å². The zero-order chi connectivity index (χ0) is 26.5. The number of alkyl halides is 1. The fourth-order valence-electron chi connectivity index (χ4n) is 4.06. The maximum absolute atomic E-state index is 11.6. The third-order valence-corrected chi connectivity index (χ3v) is 6.23. The molecule has 5 N–H and O–H groups in total. The number of rotatable bonds is 10. The number of hydrogen-bond donors (Lipinski definition) is 5. The van der Waals surface area contributed by atoms with Gasteiger partial charge in [0.1, 0.15) is 0 Å². The van der Waals surface area contributed by atoms with E-state index in [1.807, 2.05) is 12.1 Å². The molecule has 1 saturated heterocycles. The predicted molar refractivity (Wildman–Crippen MR) is 137 cm³/mol. The monoisotopic (exact) mass is 571 g/mol. The number of anilines is 1. The second-order valence-corrected chi connectivity index (χ2v) is 9.26. The van der Waals surface area contributed by atoms with Crippen molar-refractivity contribution < 1.29 is 34.5 Å². The zero-order valence-electron chi connectivity index (χ0n) is 20.1. The lowest BCUT2D eigenvalue weighted by Gasteiger charge is -2.32. The lowest BCUT2D eigenvalue weighted by atomic mass is 10.0. The quantitative estimate of drug-likeness (QED) is 0.234. The molecule has 0 aliphatic carbocycles. The Labute approximate surface area is 218 Å². The highest BCUT2D eigenvalue weighted by Gasteiger charge is 2.21. The predicted octanol–water partition coefficient (Wildman–Crippen LogP) is -0.306. The topological polar surface area (TPSA) is 163 Å². The molecule has 0 aromatic heterocycles. The molecule has 0 saturated carbocycles. The van der Waals surface area contributed by atoms with Gasteiger partial charge in [0.05, 0.1) is 25.0 Å². The van der Waals surface area contributed by atoms with Crippen LogP contribution in [0.1, 0.15) is 5.56 Å². The maximum atomic E-state index is 11.6. The first-order valence-electron chi connectivity index (χ1n) is 11.6. The van der Waals surface area contributed by atoms with Crippen molar-refractivity contribution in [3.8, 4) is 0 Å². The number of carbonyl (C=O) groups excluding carboxylic acids is 1. The van der Waals surface area contributed by atoms with Gasteiger partial charge in [0.15, 0.2) is 0 Å². The highest BCUT2D eigenvalue weighted by atomic mass is 79.9. The number of carbonyl (C=O) groups is 4. The Morgan fingerprint density at radius 2 is 1.33 bits per heavy atom. The number of nitrogens with zero attached hydrogens (tertiary/aromatic N) is 3. The van der Waals surface area contributed by atoms with Gasteiger partial charge in [-0.05, 0) is 24.1 Å². The minimum atomic E-state index is -0.994. The first-order valence-corrected chi connectivity index (χ1v) is 12.8. The van der Waals surface area contributed by atoms with Crippen LogP contribution in [0.4, 0.5) is 5.69 Å². The molecular formula is C23H34BrN5O7. The average molecular weight is 572 g/mol. The standard InChI is InChI=1S/C23H34BrN5O7/c24-12-20(30)26-18-3-1-17(2-4-18)11-19-13-29(16-23(35)36)10-9-28(15-22(33)34)8-7-27(6-5-25-19)14-21(31)32/h1-4,19,25H,5-16H2,(H,26,30)(H,31,32)(H,33,34)(H,35,36). The van der Waals surface area contributed by atoms with E-state index in [1.54, 1.807) is 26.8 Å². The summed E-state index contributed by atoms with van der Waals surface area (Å²) in [5, 5.41) is 34.3. The van der Waals surface area contributed by atoms with Crippen LogP contribution in [-0.2, 0) is 25.6 Å². The van der Waals surface area contributed by atoms with Crippen LogP contribution in [0.5, 0.6) is 0 Å². The number of nitrogens with one attached hydrogen (secondary N) is 2. The number of carboxylic acids is 3. The van der Waals surface area contributed by atoms with Crippen LogP contribution in [0.3, 0.4) is 0 Å². The van der Waals surface area contributed by atoms with Crippen molar-refractivity contribution in [2.24, 2.45) is 0 Å². The smallest absolute Gasteiger partial charge is 0.317 e. The summed E-state index contributed by atoms with van der Waals surface area (Å²) in [6, 6.07) is 7.27. The van der Waals surface area contributed by atoms with Gasteiger partial charge in [0.25, 0.3) is 0 Å². The van der Waals surface area contributed by atoms with Crippen LogP contribution in [0.2, 0.25) is 0 Å². The number of halogens is 1. The molecule has 1 atom stereocenters. The zero-order valence-corrected chi connectivity index (χ0v) is 21.7. The molecule has 13 heteroatoms. The fourth-order valence-corrected chi connectivity index (χ4v) is 4.20. The minimum absolute atomic E-state index is 0.133. The Bertz CT molecular complexity index is 886. The van der Waals surface area contributed by atoms with Crippen molar-refractivity contribution in [2.75, 3.05) is 76.1 Å². The number of aliphatic carboxylic acids is 3. The highest BCUT2D eigenvalue weighted by Crippen LogP contribution is 2.13. The van der Waals surface area contributed by atoms with Gasteiger partial charge < -0.3 is 26.0 Å². The molecule has 0 bridgehead atoms. The van der Waals surface area contributed by atoms with Gasteiger partial charge in [-0.25, -0.2) is 0 Å². The van der Waals surface area contributed by atoms with Crippen molar-refractivity contribution in [2.45, 2.75) is 12.5 Å². The molecule has 36 heavy (non-hydrogen) atoms. The van der Waals surface area contributed by atoms with Crippen molar-refractivity contribution in [3.63, 3.8) is 0 Å². The lowest BCUT2D eigenvalue weighted by Crippen LogP contribution is -2.51.